The molecule has 0 unspecified atom stereocenters. The molecule has 0 saturated carbocycles. The Morgan fingerprint density at radius 1 is 1.30 bits per heavy atom. The van der Waals surface area contributed by atoms with Crippen molar-refractivity contribution in [2.24, 2.45) is 10.2 Å². The average molecular weight is 288 g/mol. The van der Waals surface area contributed by atoms with E-state index in [1.165, 1.54) is 30.3 Å². The van der Waals surface area contributed by atoms with Gasteiger partial charge in [0.15, 0.2) is 5.17 Å². The molecule has 104 valence electrons. The van der Waals surface area contributed by atoms with Gasteiger partial charge in [-0.05, 0) is 30.5 Å². The minimum absolute atomic E-state index is 0.0139. The third-order valence-electron chi connectivity index (χ3n) is 3.28. The zero-order chi connectivity index (χ0) is 13.8. The van der Waals surface area contributed by atoms with Crippen molar-refractivity contribution in [2.45, 2.75) is 12.8 Å². The minimum Gasteiger partial charge on any atom is -0.372 e. The average Bonchev–Trinajstić information content (AvgIpc) is 3.11. The summed E-state index contributed by atoms with van der Waals surface area (Å²) in [7, 11) is 0. The Kier molecular flexibility index (Phi) is 4.01. The van der Waals surface area contributed by atoms with E-state index in [0.717, 1.165) is 18.7 Å². The fourth-order valence-electron chi connectivity index (χ4n) is 2.30. The third kappa shape index (κ3) is 3.19. The van der Waals surface area contributed by atoms with E-state index in [0.29, 0.717) is 10.9 Å². The number of anilines is 1. The number of carbonyl (C=O) groups is 1. The van der Waals surface area contributed by atoms with Crippen molar-refractivity contribution in [3.05, 3.63) is 29.8 Å². The van der Waals surface area contributed by atoms with Crippen LogP contribution in [0.5, 0.6) is 0 Å². The highest BCUT2D eigenvalue weighted by Gasteiger charge is 2.16. The first-order chi connectivity index (χ1) is 9.81. The number of amides is 1. The first-order valence-corrected chi connectivity index (χ1v) is 7.68. The van der Waals surface area contributed by atoms with E-state index in [1.54, 1.807) is 6.21 Å². The Morgan fingerprint density at radius 3 is 2.90 bits per heavy atom. The lowest BCUT2D eigenvalue weighted by Crippen LogP contribution is -2.19. The van der Waals surface area contributed by atoms with E-state index in [1.807, 2.05) is 12.1 Å². The summed E-state index contributed by atoms with van der Waals surface area (Å²) in [6, 6.07) is 8.29. The van der Waals surface area contributed by atoms with Crippen LogP contribution in [0.4, 0.5) is 5.69 Å². The molecule has 2 fully saturated rings. The molecule has 2 saturated heterocycles. The quantitative estimate of drug-likeness (QED) is 0.682. The molecule has 2 aliphatic heterocycles. The second-order valence-electron chi connectivity index (χ2n) is 4.78. The van der Waals surface area contributed by atoms with Gasteiger partial charge in [0.2, 0.25) is 5.91 Å². The van der Waals surface area contributed by atoms with Crippen molar-refractivity contribution >= 4 is 34.7 Å². The highest BCUT2D eigenvalue weighted by atomic mass is 32.2. The van der Waals surface area contributed by atoms with Gasteiger partial charge in [0.25, 0.3) is 0 Å². The summed E-state index contributed by atoms with van der Waals surface area (Å²) in [5, 5.41) is 11.3. The van der Waals surface area contributed by atoms with Crippen LogP contribution in [-0.4, -0.2) is 36.1 Å². The second-order valence-corrected chi connectivity index (χ2v) is 5.74. The highest BCUT2D eigenvalue weighted by molar-refractivity contribution is 8.15. The second kappa shape index (κ2) is 6.09. The summed E-state index contributed by atoms with van der Waals surface area (Å²) in [5.41, 5.74) is 2.26. The van der Waals surface area contributed by atoms with Crippen molar-refractivity contribution in [1.82, 2.24) is 5.32 Å². The molecule has 3 rings (SSSR count). The number of hydrogen-bond donors (Lipinski definition) is 1. The van der Waals surface area contributed by atoms with Crippen LogP contribution in [0.25, 0.3) is 0 Å². The van der Waals surface area contributed by atoms with Crippen molar-refractivity contribution < 1.29 is 4.79 Å². The van der Waals surface area contributed by atoms with Gasteiger partial charge in [0, 0.05) is 18.8 Å². The lowest BCUT2D eigenvalue weighted by Gasteiger charge is -2.17. The molecule has 1 amide bonds. The lowest BCUT2D eigenvalue weighted by molar-refractivity contribution is -0.116. The number of rotatable bonds is 3. The lowest BCUT2D eigenvalue weighted by atomic mass is 10.2. The van der Waals surface area contributed by atoms with E-state index in [9.17, 15) is 4.79 Å². The molecule has 2 aliphatic rings. The van der Waals surface area contributed by atoms with Gasteiger partial charge < -0.3 is 10.2 Å². The predicted molar refractivity (Wildman–Crippen MR) is 83.5 cm³/mol. The summed E-state index contributed by atoms with van der Waals surface area (Å²) in [6.07, 6.45) is 4.25. The van der Waals surface area contributed by atoms with Gasteiger partial charge in [-0.1, -0.05) is 23.9 Å². The summed E-state index contributed by atoms with van der Waals surface area (Å²) in [6.45, 7) is 2.26. The van der Waals surface area contributed by atoms with Crippen LogP contribution in [0, 0.1) is 0 Å². The van der Waals surface area contributed by atoms with Crippen LogP contribution in [0.1, 0.15) is 18.4 Å². The van der Waals surface area contributed by atoms with E-state index < -0.39 is 0 Å². The molecule has 0 aromatic heterocycles. The summed E-state index contributed by atoms with van der Waals surface area (Å²) < 4.78 is 0. The largest absolute Gasteiger partial charge is 0.372 e. The van der Waals surface area contributed by atoms with Crippen LogP contribution in [-0.2, 0) is 4.79 Å². The molecule has 2 heterocycles. The van der Waals surface area contributed by atoms with Gasteiger partial charge in [-0.2, -0.15) is 5.10 Å². The zero-order valence-electron chi connectivity index (χ0n) is 11.1. The number of benzene rings is 1. The topological polar surface area (TPSA) is 57.1 Å². The molecular formula is C14H16N4OS. The maximum atomic E-state index is 11.0. The molecule has 0 spiro atoms. The smallest absolute Gasteiger partial charge is 0.236 e. The number of nitrogens with zero attached hydrogens (tertiary/aromatic N) is 3. The minimum atomic E-state index is -0.0139. The van der Waals surface area contributed by atoms with Crippen LogP contribution in [0.2, 0.25) is 0 Å². The van der Waals surface area contributed by atoms with Crippen molar-refractivity contribution in [3.8, 4) is 0 Å². The molecule has 0 aliphatic carbocycles. The first-order valence-electron chi connectivity index (χ1n) is 6.70. The fourth-order valence-corrected chi connectivity index (χ4v) is 2.94. The Hall–Kier alpha value is -1.82. The Morgan fingerprint density at radius 2 is 2.15 bits per heavy atom. The Labute approximate surface area is 122 Å². The van der Waals surface area contributed by atoms with Crippen molar-refractivity contribution in [1.29, 1.82) is 0 Å². The van der Waals surface area contributed by atoms with Gasteiger partial charge in [-0.3, -0.25) is 4.79 Å². The van der Waals surface area contributed by atoms with Gasteiger partial charge in [0.05, 0.1) is 12.0 Å². The van der Waals surface area contributed by atoms with Crippen molar-refractivity contribution in [3.63, 3.8) is 0 Å². The molecule has 0 bridgehead atoms. The summed E-state index contributed by atoms with van der Waals surface area (Å²) in [4.78, 5) is 13.4. The Bertz CT molecular complexity index is 564. The highest BCUT2D eigenvalue weighted by Crippen LogP contribution is 2.20. The van der Waals surface area contributed by atoms with Gasteiger partial charge in [0.1, 0.15) is 0 Å². The molecule has 1 aromatic rings. The van der Waals surface area contributed by atoms with E-state index in [2.05, 4.69) is 32.6 Å². The predicted octanol–water partition coefficient (Wildman–Crippen LogP) is 1.84. The van der Waals surface area contributed by atoms with E-state index in [4.69, 9.17) is 0 Å². The standard InChI is InChI=1S/C14H16N4OS/c19-13-10-20-14(16-13)17-15-9-11-4-3-5-12(8-11)18-6-1-2-7-18/h3-5,8-9H,1-2,6-7,10H2,(H,16,17,19). The maximum absolute atomic E-state index is 11.0. The normalized spacial score (nSPS) is 21.1. The van der Waals surface area contributed by atoms with Crippen LogP contribution in [0.3, 0.4) is 0 Å². The van der Waals surface area contributed by atoms with E-state index >= 15 is 0 Å². The van der Waals surface area contributed by atoms with Crippen molar-refractivity contribution in [2.75, 3.05) is 23.7 Å². The molecule has 0 atom stereocenters. The summed E-state index contributed by atoms with van der Waals surface area (Å²) in [5.74, 6) is 0.415. The van der Waals surface area contributed by atoms with Gasteiger partial charge >= 0.3 is 0 Å². The number of hydrogen-bond acceptors (Lipinski definition) is 5. The maximum Gasteiger partial charge on any atom is 0.236 e. The molecule has 6 heteroatoms. The van der Waals surface area contributed by atoms with Gasteiger partial charge in [-0.25, -0.2) is 0 Å². The monoisotopic (exact) mass is 288 g/mol. The SMILES string of the molecule is O=C1CSC(=NN=Cc2cccc(N3CCCC3)c2)N1. The van der Waals surface area contributed by atoms with Crippen LogP contribution in [0.15, 0.2) is 34.5 Å². The van der Waals surface area contributed by atoms with Crippen LogP contribution < -0.4 is 10.2 Å². The molecular weight excluding hydrogens is 272 g/mol. The summed E-state index contributed by atoms with van der Waals surface area (Å²) >= 11 is 1.38. The number of nitrogens with one attached hydrogen (secondary N) is 1. The number of thioether (sulfide) groups is 1. The molecule has 1 aromatic carbocycles. The van der Waals surface area contributed by atoms with Crippen LogP contribution >= 0.6 is 11.8 Å². The molecule has 20 heavy (non-hydrogen) atoms. The number of amidine groups is 1. The third-order valence-corrected chi connectivity index (χ3v) is 4.15. The fraction of sp³-hybridized carbons (Fsp3) is 0.357. The molecule has 5 nitrogen and oxygen atoms in total. The zero-order valence-corrected chi connectivity index (χ0v) is 11.9. The van der Waals surface area contributed by atoms with Gasteiger partial charge in [-0.15, -0.1) is 5.10 Å². The Balaban J connectivity index is 1.68. The molecule has 1 N–H and O–H groups in total. The number of carbonyl (C=O) groups excluding carboxylic acids is 1. The molecule has 0 radical (unpaired) electrons. The van der Waals surface area contributed by atoms with E-state index in [-0.39, 0.29) is 5.91 Å². The first kappa shape index (κ1) is 13.2.